The molecule has 0 aromatic heterocycles. The quantitative estimate of drug-likeness (QED) is 0.143. The van der Waals surface area contributed by atoms with Gasteiger partial charge in [0.1, 0.15) is 18.2 Å². The average Bonchev–Trinajstić information content (AvgIpc) is 2.73. The number of benzene rings is 2. The van der Waals surface area contributed by atoms with Crippen LogP contribution in [0.1, 0.15) is 6.92 Å². The summed E-state index contributed by atoms with van der Waals surface area (Å²) in [6.07, 6.45) is 1.01. The van der Waals surface area contributed by atoms with Gasteiger partial charge in [0, 0.05) is 30.6 Å². The molecule has 30 heavy (non-hydrogen) atoms. The van der Waals surface area contributed by atoms with E-state index in [2.05, 4.69) is 22.2 Å². The minimum Gasteiger partial charge on any atom is -0.491 e. The van der Waals surface area contributed by atoms with E-state index in [-0.39, 0.29) is 11.4 Å². The monoisotopic (exact) mass is 414 g/mol. The second kappa shape index (κ2) is 11.3. The van der Waals surface area contributed by atoms with E-state index in [9.17, 15) is 14.5 Å². The predicted octanol–water partition coefficient (Wildman–Crippen LogP) is 4.89. The van der Waals surface area contributed by atoms with Crippen LogP contribution in [0, 0.1) is 10.1 Å². The van der Waals surface area contributed by atoms with Crippen LogP contribution in [0.4, 0.5) is 21.5 Å². The Morgan fingerprint density at radius 2 is 1.93 bits per heavy atom. The number of non-ortho nitro benzene ring substituents is 1. The summed E-state index contributed by atoms with van der Waals surface area (Å²) in [5.74, 6) is 0.465. The molecule has 0 unspecified atom stereocenters. The molecule has 2 aromatic carbocycles. The first-order valence-corrected chi connectivity index (χ1v) is 8.98. The normalized spacial score (nSPS) is 11.7. The van der Waals surface area contributed by atoms with Gasteiger partial charge in [-0.3, -0.25) is 10.1 Å². The highest BCUT2D eigenvalue weighted by Crippen LogP contribution is 2.21. The highest BCUT2D eigenvalue weighted by molar-refractivity contribution is 5.93. The van der Waals surface area contributed by atoms with E-state index < -0.39 is 10.8 Å². The molecule has 0 fully saturated rings. The number of nitro benzene ring substituents is 1. The van der Waals surface area contributed by atoms with Crippen molar-refractivity contribution in [1.29, 1.82) is 0 Å². The van der Waals surface area contributed by atoms with Crippen LogP contribution in [0.2, 0.25) is 0 Å². The van der Waals surface area contributed by atoms with Gasteiger partial charge in [-0.1, -0.05) is 12.6 Å². The molecule has 0 heterocycles. The lowest BCUT2D eigenvalue weighted by molar-refractivity contribution is -0.384. The van der Waals surface area contributed by atoms with Gasteiger partial charge in [0.2, 0.25) is 0 Å². The summed E-state index contributed by atoms with van der Waals surface area (Å²) in [7, 11) is 1.61. The molecule has 9 heteroatoms. The third kappa shape index (κ3) is 7.36. The molecule has 2 N–H and O–H groups in total. The fraction of sp³-hybridized carbons (Fsp3) is 0.190. The maximum absolute atomic E-state index is 14.2. The van der Waals surface area contributed by atoms with E-state index >= 15 is 0 Å². The molecule has 0 aliphatic carbocycles. The highest BCUT2D eigenvalue weighted by atomic mass is 19.1. The van der Waals surface area contributed by atoms with Crippen molar-refractivity contribution in [2.24, 2.45) is 4.99 Å². The van der Waals surface area contributed by atoms with Crippen LogP contribution in [0.3, 0.4) is 0 Å². The number of allylic oxidation sites excluding steroid dienone is 1. The van der Waals surface area contributed by atoms with Gasteiger partial charge in [0.15, 0.2) is 5.83 Å². The molecular weight excluding hydrogens is 391 g/mol. The van der Waals surface area contributed by atoms with Crippen LogP contribution in [0.15, 0.2) is 77.8 Å². The number of aliphatic imine (C=N–C) groups is 1. The van der Waals surface area contributed by atoms with Crippen LogP contribution in [-0.2, 0) is 4.74 Å². The number of amidine groups is 1. The maximum atomic E-state index is 14.2. The van der Waals surface area contributed by atoms with Gasteiger partial charge in [0.05, 0.1) is 23.4 Å². The summed E-state index contributed by atoms with van der Waals surface area (Å²) in [6.45, 7) is 6.24. The van der Waals surface area contributed by atoms with Crippen LogP contribution in [0.5, 0.6) is 5.75 Å². The maximum Gasteiger partial charge on any atom is 0.271 e. The Morgan fingerprint density at radius 3 is 2.60 bits per heavy atom. The number of nitro groups is 1. The lowest BCUT2D eigenvalue weighted by atomic mass is 10.2. The molecule has 2 rings (SSSR count). The Bertz CT molecular complexity index is 942. The molecule has 0 saturated carbocycles. The number of rotatable bonds is 10. The third-order valence-corrected chi connectivity index (χ3v) is 3.75. The summed E-state index contributed by atoms with van der Waals surface area (Å²) in [5, 5.41) is 16.5. The number of ether oxygens (including phenoxy) is 2. The van der Waals surface area contributed by atoms with Crippen LogP contribution in [0.25, 0.3) is 0 Å². The van der Waals surface area contributed by atoms with Gasteiger partial charge < -0.3 is 20.1 Å². The van der Waals surface area contributed by atoms with Crippen molar-refractivity contribution >= 4 is 22.9 Å². The molecule has 0 amide bonds. The standard InChI is InChI=1S/C21H23FN4O4/c1-15(24-18-5-4-6-19(13-18)26(27)28)21(22)14-23-16(2)25-17-7-9-20(10-8-17)30-12-11-29-3/h4-10,13-14,24H,1,11-12H2,2-3H3,(H,23,25)/b21-14+. The molecule has 0 bridgehead atoms. The van der Waals surface area contributed by atoms with E-state index in [1.807, 2.05) is 12.1 Å². The Balaban J connectivity index is 1.93. The number of hydrogen-bond acceptors (Lipinski definition) is 6. The number of anilines is 2. The van der Waals surface area contributed by atoms with Crippen LogP contribution in [-0.4, -0.2) is 31.1 Å². The van der Waals surface area contributed by atoms with E-state index in [1.165, 1.54) is 18.2 Å². The molecule has 0 aliphatic heterocycles. The van der Waals surface area contributed by atoms with Crippen molar-refractivity contribution < 1.29 is 18.8 Å². The predicted molar refractivity (Wildman–Crippen MR) is 116 cm³/mol. The first kappa shape index (κ1) is 22.6. The largest absolute Gasteiger partial charge is 0.491 e. The van der Waals surface area contributed by atoms with Crippen molar-refractivity contribution in [3.8, 4) is 5.75 Å². The SMILES string of the molecule is C=C(Nc1cccc([N+](=O)[O-])c1)/C(F)=C\N=C(C)Nc1ccc(OCCOC)cc1. The zero-order valence-electron chi connectivity index (χ0n) is 16.7. The lowest BCUT2D eigenvalue weighted by Crippen LogP contribution is -2.07. The van der Waals surface area contributed by atoms with Crippen LogP contribution < -0.4 is 15.4 Å². The summed E-state index contributed by atoms with van der Waals surface area (Å²) in [4.78, 5) is 14.3. The molecule has 0 spiro atoms. The van der Waals surface area contributed by atoms with Gasteiger partial charge in [-0.05, 0) is 37.3 Å². The summed E-state index contributed by atoms with van der Waals surface area (Å²) >= 11 is 0. The number of hydrogen-bond donors (Lipinski definition) is 2. The van der Waals surface area contributed by atoms with E-state index in [4.69, 9.17) is 9.47 Å². The number of nitrogens with one attached hydrogen (secondary N) is 2. The minimum absolute atomic E-state index is 0.0652. The summed E-state index contributed by atoms with van der Waals surface area (Å²) < 4.78 is 24.7. The van der Waals surface area contributed by atoms with Gasteiger partial charge in [-0.15, -0.1) is 0 Å². The van der Waals surface area contributed by atoms with Crippen molar-refractivity contribution in [3.05, 3.63) is 82.9 Å². The first-order valence-electron chi connectivity index (χ1n) is 8.98. The molecular formula is C21H23FN4O4. The Labute approximate surface area is 173 Å². The van der Waals surface area contributed by atoms with E-state index in [1.54, 1.807) is 32.2 Å². The Kier molecular flexibility index (Phi) is 8.52. The molecule has 8 nitrogen and oxygen atoms in total. The van der Waals surface area contributed by atoms with Crippen molar-refractivity contribution in [1.82, 2.24) is 0 Å². The molecule has 0 saturated heterocycles. The van der Waals surface area contributed by atoms with Gasteiger partial charge in [-0.2, -0.15) is 0 Å². The molecule has 0 atom stereocenters. The molecule has 0 aliphatic rings. The average molecular weight is 414 g/mol. The minimum atomic E-state index is -0.704. The number of halogens is 1. The number of methoxy groups -OCH3 is 1. The molecule has 158 valence electrons. The van der Waals surface area contributed by atoms with E-state index in [0.29, 0.717) is 30.5 Å². The fourth-order valence-electron chi connectivity index (χ4n) is 2.28. The van der Waals surface area contributed by atoms with E-state index in [0.717, 1.165) is 11.9 Å². The smallest absolute Gasteiger partial charge is 0.271 e. The molecule has 0 radical (unpaired) electrons. The van der Waals surface area contributed by atoms with Crippen molar-refractivity contribution in [2.75, 3.05) is 31.0 Å². The summed E-state index contributed by atoms with van der Waals surface area (Å²) in [5.41, 5.74) is 0.942. The van der Waals surface area contributed by atoms with Crippen LogP contribution >= 0.6 is 0 Å². The zero-order valence-corrected chi connectivity index (χ0v) is 16.7. The molecule has 2 aromatic rings. The van der Waals surface area contributed by atoms with Crippen molar-refractivity contribution in [2.45, 2.75) is 6.92 Å². The lowest BCUT2D eigenvalue weighted by Gasteiger charge is -2.09. The topological polar surface area (TPSA) is 98.0 Å². The third-order valence-electron chi connectivity index (χ3n) is 3.75. The van der Waals surface area contributed by atoms with Gasteiger partial charge >= 0.3 is 0 Å². The summed E-state index contributed by atoms with van der Waals surface area (Å²) in [6, 6.07) is 12.9. The Hall–Kier alpha value is -3.72. The Morgan fingerprint density at radius 1 is 1.20 bits per heavy atom. The number of nitrogens with zero attached hydrogens (tertiary/aromatic N) is 2. The second-order valence-corrected chi connectivity index (χ2v) is 6.09. The fourth-order valence-corrected chi connectivity index (χ4v) is 2.28. The second-order valence-electron chi connectivity index (χ2n) is 6.09. The zero-order chi connectivity index (χ0) is 21.9. The highest BCUT2D eigenvalue weighted by Gasteiger charge is 2.08. The van der Waals surface area contributed by atoms with Gasteiger partial charge in [0.25, 0.3) is 5.69 Å². The first-order chi connectivity index (χ1) is 14.4. The van der Waals surface area contributed by atoms with Crippen molar-refractivity contribution in [3.63, 3.8) is 0 Å². The van der Waals surface area contributed by atoms with Gasteiger partial charge in [-0.25, -0.2) is 9.38 Å².